The number of nitrogens with zero attached hydrogens (tertiary/aromatic N) is 6. The van der Waals surface area contributed by atoms with Gasteiger partial charge in [-0.3, -0.25) is 23.9 Å². The SMILES string of the molecule is CN(C)c1cnc(C(Cc2cc(F)cc(F)c2)NC(=O)Cn2nc(C(F)F)c3c2C(F)(F)C2CCC32)c(-c2ccc(Cl)c3c(NS(C)(=O)=O)nn(C)c23)c1. The number of fused-ring (bicyclic) bond motifs is 4. The van der Waals surface area contributed by atoms with Crippen LogP contribution >= 0.6 is 11.6 Å². The molecule has 0 aliphatic heterocycles. The summed E-state index contributed by atoms with van der Waals surface area (Å²) in [5.41, 5.74) is 0.267. The molecule has 19 heteroatoms. The molecule has 7 rings (SSSR count). The van der Waals surface area contributed by atoms with Gasteiger partial charge >= 0.3 is 0 Å². The maximum absolute atomic E-state index is 15.6. The maximum atomic E-state index is 15.6. The predicted octanol–water partition coefficient (Wildman–Crippen LogP) is 6.84. The number of carbonyl (C=O) groups excluding carboxylic acids is 1. The Bertz CT molecular complexity index is 2420. The summed E-state index contributed by atoms with van der Waals surface area (Å²) in [6.07, 6.45) is -0.520. The van der Waals surface area contributed by atoms with Gasteiger partial charge < -0.3 is 10.2 Å². The monoisotopic (exact) mass is 794 g/mol. The van der Waals surface area contributed by atoms with E-state index in [4.69, 9.17) is 11.6 Å². The van der Waals surface area contributed by atoms with Gasteiger partial charge in [-0.1, -0.05) is 17.7 Å². The highest BCUT2D eigenvalue weighted by Gasteiger charge is 2.62. The molecule has 2 aliphatic carbocycles. The fourth-order valence-corrected chi connectivity index (χ4v) is 8.28. The number of pyridine rings is 1. The number of hydrogen-bond donors (Lipinski definition) is 2. The lowest BCUT2D eigenvalue weighted by atomic mass is 9.73. The van der Waals surface area contributed by atoms with Crippen LogP contribution in [0.3, 0.4) is 0 Å². The minimum absolute atomic E-state index is 0.0552. The minimum atomic E-state index is -3.80. The minimum Gasteiger partial charge on any atom is -0.376 e. The quantitative estimate of drug-likeness (QED) is 0.140. The molecular weight excluding hydrogens is 762 g/mol. The van der Waals surface area contributed by atoms with Crippen LogP contribution in [0.5, 0.6) is 0 Å². The third-order valence-corrected chi connectivity index (χ3v) is 10.8. The second-order valence-corrected chi connectivity index (χ2v) is 16.0. The van der Waals surface area contributed by atoms with Crippen LogP contribution in [0, 0.1) is 17.6 Å². The van der Waals surface area contributed by atoms with Crippen molar-refractivity contribution in [1.29, 1.82) is 0 Å². The summed E-state index contributed by atoms with van der Waals surface area (Å²) in [6.45, 7) is -0.864. The number of hydrogen-bond acceptors (Lipinski definition) is 7. The van der Waals surface area contributed by atoms with Crippen LogP contribution < -0.4 is 14.9 Å². The van der Waals surface area contributed by atoms with Crippen LogP contribution in [-0.4, -0.2) is 59.2 Å². The first kappa shape index (κ1) is 37.5. The topological polar surface area (TPSA) is 127 Å². The van der Waals surface area contributed by atoms with Crippen LogP contribution in [-0.2, 0) is 40.8 Å². The summed E-state index contributed by atoms with van der Waals surface area (Å²) in [6, 6.07) is 6.47. The fourth-order valence-electron chi connectivity index (χ4n) is 7.54. The lowest BCUT2D eigenvalue weighted by Crippen LogP contribution is -2.36. The van der Waals surface area contributed by atoms with E-state index >= 15 is 8.78 Å². The van der Waals surface area contributed by atoms with Gasteiger partial charge in [0.15, 0.2) is 5.82 Å². The number of halogens is 7. The molecule has 2 aliphatic rings. The number of nitrogens with one attached hydrogen (secondary N) is 2. The zero-order valence-corrected chi connectivity index (χ0v) is 30.7. The smallest absolute Gasteiger partial charge is 0.293 e. The Labute approximate surface area is 310 Å². The molecule has 2 N–H and O–H groups in total. The van der Waals surface area contributed by atoms with Crippen molar-refractivity contribution in [1.82, 2.24) is 29.9 Å². The summed E-state index contributed by atoms with van der Waals surface area (Å²) in [5, 5.41) is 11.3. The highest BCUT2D eigenvalue weighted by atomic mass is 35.5. The van der Waals surface area contributed by atoms with E-state index in [1.807, 2.05) is 0 Å². The first-order valence-corrected chi connectivity index (χ1v) is 18.9. The van der Waals surface area contributed by atoms with Gasteiger partial charge in [-0.15, -0.1) is 0 Å². The third kappa shape index (κ3) is 6.62. The van der Waals surface area contributed by atoms with Crippen molar-refractivity contribution < 1.29 is 39.6 Å². The molecule has 3 unspecified atom stereocenters. The second kappa shape index (κ2) is 13.5. The van der Waals surface area contributed by atoms with Crippen molar-refractivity contribution in [3.63, 3.8) is 0 Å². The Morgan fingerprint density at radius 1 is 1.06 bits per heavy atom. The molecule has 3 atom stereocenters. The van der Waals surface area contributed by atoms with Gasteiger partial charge in [0.25, 0.3) is 12.3 Å². The molecule has 11 nitrogen and oxygen atoms in total. The van der Waals surface area contributed by atoms with Gasteiger partial charge in [-0.25, -0.2) is 26.0 Å². The number of aryl methyl sites for hydroxylation is 1. The zero-order valence-electron chi connectivity index (χ0n) is 29.1. The Morgan fingerprint density at radius 3 is 2.37 bits per heavy atom. The summed E-state index contributed by atoms with van der Waals surface area (Å²) < 4.78 is 117. The van der Waals surface area contributed by atoms with Crippen molar-refractivity contribution in [2.24, 2.45) is 13.0 Å². The first-order chi connectivity index (χ1) is 25.3. The van der Waals surface area contributed by atoms with Crippen LogP contribution in [0.4, 0.5) is 37.8 Å². The molecule has 2 aromatic carbocycles. The fraction of sp³-hybridized carbons (Fsp3) is 0.371. The van der Waals surface area contributed by atoms with E-state index in [2.05, 4.69) is 25.2 Å². The molecule has 0 radical (unpaired) electrons. The van der Waals surface area contributed by atoms with E-state index in [0.717, 1.165) is 18.4 Å². The van der Waals surface area contributed by atoms with Crippen molar-refractivity contribution in [2.45, 2.75) is 50.1 Å². The van der Waals surface area contributed by atoms with E-state index in [1.165, 1.54) is 16.9 Å². The molecule has 3 aromatic heterocycles. The third-order valence-electron chi connectivity index (χ3n) is 9.90. The normalized spacial score (nSPS) is 18.0. The molecule has 1 saturated carbocycles. The average molecular weight is 795 g/mol. The van der Waals surface area contributed by atoms with Crippen molar-refractivity contribution in [3.05, 3.63) is 87.5 Å². The van der Waals surface area contributed by atoms with E-state index in [0.29, 0.717) is 39.5 Å². The zero-order chi connectivity index (χ0) is 39.0. The van der Waals surface area contributed by atoms with E-state index in [1.54, 1.807) is 38.2 Å². The van der Waals surface area contributed by atoms with E-state index in [9.17, 15) is 30.8 Å². The van der Waals surface area contributed by atoms with Gasteiger partial charge in [-0.2, -0.15) is 19.0 Å². The number of sulfonamides is 1. The van der Waals surface area contributed by atoms with E-state index < -0.39 is 75.7 Å². The molecule has 54 heavy (non-hydrogen) atoms. The lowest BCUT2D eigenvalue weighted by Gasteiger charge is -2.34. The standard InChI is InChI=1S/C35H33ClF6N8O3S/c1-48(2)19-13-22(20-6-8-24(36)28-31(20)49(3)46-34(28)47-54(4,52)53)29(43-14-19)25(11-16-9-17(37)12-18(38)10-16)44-26(51)15-50-32-27(30(45-50)33(39)40)21-5-7-23(21)35(32,41)42/h6,8-10,12-14,21,23,25,33H,5,7,11,15H2,1-4H3,(H,44,51)(H,46,47). The van der Waals surface area contributed by atoms with Crippen LogP contribution in [0.25, 0.3) is 22.0 Å². The molecule has 286 valence electrons. The van der Waals surface area contributed by atoms with Crippen molar-refractivity contribution in [3.8, 4) is 11.1 Å². The summed E-state index contributed by atoms with van der Waals surface area (Å²) in [4.78, 5) is 20.3. The largest absolute Gasteiger partial charge is 0.376 e. The molecule has 3 heterocycles. The van der Waals surface area contributed by atoms with Crippen LogP contribution in [0.2, 0.25) is 5.02 Å². The molecular formula is C35H33ClF6N8O3S. The lowest BCUT2D eigenvalue weighted by molar-refractivity contribution is -0.123. The van der Waals surface area contributed by atoms with Crippen LogP contribution in [0.15, 0.2) is 42.6 Å². The second-order valence-electron chi connectivity index (χ2n) is 13.8. The molecule has 1 amide bonds. The Morgan fingerprint density at radius 2 is 1.76 bits per heavy atom. The number of aromatic nitrogens is 5. The molecule has 1 fully saturated rings. The number of anilines is 2. The summed E-state index contributed by atoms with van der Waals surface area (Å²) >= 11 is 6.59. The highest BCUT2D eigenvalue weighted by molar-refractivity contribution is 7.92. The van der Waals surface area contributed by atoms with Crippen LogP contribution in [0.1, 0.15) is 59.4 Å². The van der Waals surface area contributed by atoms with Gasteiger partial charge in [0.2, 0.25) is 15.9 Å². The number of benzene rings is 2. The molecule has 0 spiro atoms. The molecule has 0 saturated heterocycles. The Kier molecular flexibility index (Phi) is 9.35. The van der Waals surface area contributed by atoms with Crippen molar-refractivity contribution >= 4 is 49.9 Å². The Hall–Kier alpha value is -4.84. The maximum Gasteiger partial charge on any atom is 0.293 e. The molecule has 0 bridgehead atoms. The highest BCUT2D eigenvalue weighted by Crippen LogP contribution is 2.63. The summed E-state index contributed by atoms with van der Waals surface area (Å²) in [7, 11) is 1.27. The summed E-state index contributed by atoms with van der Waals surface area (Å²) in [5.74, 6) is -8.19. The van der Waals surface area contributed by atoms with Crippen molar-refractivity contribution in [2.75, 3.05) is 30.0 Å². The number of amides is 1. The number of carbonyl (C=O) groups is 1. The first-order valence-electron chi connectivity index (χ1n) is 16.7. The Balaban J connectivity index is 1.36. The van der Waals surface area contributed by atoms with E-state index in [-0.39, 0.29) is 45.9 Å². The van der Waals surface area contributed by atoms with Gasteiger partial charge in [0.05, 0.1) is 45.8 Å². The number of rotatable bonds is 11. The molecule has 5 aromatic rings. The van der Waals surface area contributed by atoms with Gasteiger partial charge in [-0.05, 0) is 55.0 Å². The average Bonchev–Trinajstić information content (AvgIpc) is 3.61. The van der Waals surface area contributed by atoms with Gasteiger partial charge in [0.1, 0.15) is 29.6 Å². The van der Waals surface area contributed by atoms with Gasteiger partial charge in [0, 0.05) is 49.8 Å². The predicted molar refractivity (Wildman–Crippen MR) is 189 cm³/mol. The number of alkyl halides is 4.